The highest BCUT2D eigenvalue weighted by Gasteiger charge is 2.01. The molecule has 1 aromatic rings. The van der Waals surface area contributed by atoms with E-state index in [1.165, 1.54) is 36.8 Å². The van der Waals surface area contributed by atoms with Crippen LogP contribution in [0.3, 0.4) is 0 Å². The molecule has 0 radical (unpaired) electrons. The third-order valence-corrected chi connectivity index (χ3v) is 3.84. The van der Waals surface area contributed by atoms with Crippen molar-refractivity contribution >= 4 is 0 Å². The fourth-order valence-corrected chi connectivity index (χ4v) is 2.11. The molecule has 0 aliphatic rings. The molecule has 1 rings (SSSR count). The predicted octanol–water partition coefficient (Wildman–Crippen LogP) is 6.71. The van der Waals surface area contributed by atoms with Gasteiger partial charge in [0.05, 0.1) is 6.61 Å². The molecule has 0 aliphatic heterocycles. The molecule has 0 saturated heterocycles. The average Bonchev–Trinajstić information content (AvgIpc) is 2.58. The molecule has 0 aliphatic carbocycles. The van der Waals surface area contributed by atoms with Crippen molar-refractivity contribution in [1.29, 1.82) is 5.26 Å². The molecule has 0 bridgehead atoms. The Bertz CT molecular complexity index is 398. The molecule has 132 valence electrons. The van der Waals surface area contributed by atoms with Crippen molar-refractivity contribution in [2.24, 2.45) is 5.92 Å². The first kappa shape index (κ1) is 23.8. The molecule has 0 heterocycles. The molecule has 23 heavy (non-hydrogen) atoms. The standard InChI is InChI=1S/C13H20O.C7H16.CHN/c1-4-6-9-14-13-10-11(3)7-8-12(13)5-2;1-4-6-7(3)5-2;1-2/h7-8,10H,4-6,9H2,1-3H3;7H,4-6H2,1-3H3;1H. The van der Waals surface area contributed by atoms with Gasteiger partial charge in [-0.25, -0.2) is 5.26 Å². The minimum absolute atomic E-state index is 0.840. The molecule has 2 nitrogen and oxygen atoms in total. The molecule has 1 unspecified atom stereocenters. The number of hydrogen-bond donors (Lipinski definition) is 0. The van der Waals surface area contributed by atoms with Crippen LogP contribution in [0.15, 0.2) is 18.2 Å². The van der Waals surface area contributed by atoms with Gasteiger partial charge in [-0.3, -0.25) is 0 Å². The predicted molar refractivity (Wildman–Crippen MR) is 102 cm³/mol. The van der Waals surface area contributed by atoms with Crippen LogP contribution in [-0.4, -0.2) is 6.61 Å². The molecule has 0 saturated carbocycles. The minimum Gasteiger partial charge on any atom is -0.493 e. The van der Waals surface area contributed by atoms with E-state index in [0.717, 1.165) is 31.1 Å². The summed E-state index contributed by atoms with van der Waals surface area (Å²) in [4.78, 5) is 0. The van der Waals surface area contributed by atoms with E-state index in [2.05, 4.69) is 66.3 Å². The SMILES string of the molecule is C#N.CCCC(C)CC.CCCCOc1cc(C)ccc1CC. The van der Waals surface area contributed by atoms with E-state index in [0.29, 0.717) is 0 Å². The van der Waals surface area contributed by atoms with Crippen LogP contribution in [0.1, 0.15) is 77.8 Å². The first-order chi connectivity index (χ1) is 11.1. The Morgan fingerprint density at radius 1 is 1.09 bits per heavy atom. The lowest BCUT2D eigenvalue weighted by Gasteiger charge is -2.10. The summed E-state index contributed by atoms with van der Waals surface area (Å²) in [5.74, 6) is 2.02. The summed E-state index contributed by atoms with van der Waals surface area (Å²) in [5.41, 5.74) is 2.58. The highest BCUT2D eigenvalue weighted by Crippen LogP contribution is 2.21. The summed E-state index contributed by atoms with van der Waals surface area (Å²) in [5, 5.41) is 6.50. The highest BCUT2D eigenvalue weighted by molar-refractivity contribution is 5.37. The fraction of sp³-hybridized carbons (Fsp3) is 0.667. The zero-order chi connectivity index (χ0) is 18.1. The zero-order valence-electron chi connectivity index (χ0n) is 16.2. The lowest BCUT2D eigenvalue weighted by molar-refractivity contribution is 0.306. The second kappa shape index (κ2) is 16.9. The van der Waals surface area contributed by atoms with E-state index in [1.807, 2.05) is 0 Å². The number of aryl methyl sites for hydroxylation is 2. The largest absolute Gasteiger partial charge is 0.493 e. The van der Waals surface area contributed by atoms with Crippen molar-refractivity contribution in [2.75, 3.05) is 6.61 Å². The summed E-state index contributed by atoms with van der Waals surface area (Å²) < 4.78 is 5.75. The van der Waals surface area contributed by atoms with Gasteiger partial charge in [0.25, 0.3) is 0 Å². The normalized spacial score (nSPS) is 10.6. The van der Waals surface area contributed by atoms with Crippen LogP contribution >= 0.6 is 0 Å². The fourth-order valence-electron chi connectivity index (χ4n) is 2.11. The van der Waals surface area contributed by atoms with E-state index in [1.54, 1.807) is 0 Å². The monoisotopic (exact) mass is 319 g/mol. The Morgan fingerprint density at radius 3 is 2.17 bits per heavy atom. The van der Waals surface area contributed by atoms with Gasteiger partial charge in [-0.1, -0.05) is 72.4 Å². The smallest absolute Gasteiger partial charge is 0.122 e. The van der Waals surface area contributed by atoms with Gasteiger partial charge < -0.3 is 4.74 Å². The van der Waals surface area contributed by atoms with Crippen molar-refractivity contribution in [2.45, 2.75) is 80.1 Å². The topological polar surface area (TPSA) is 33.0 Å². The third kappa shape index (κ3) is 12.7. The molecule has 0 fully saturated rings. The van der Waals surface area contributed by atoms with Crippen molar-refractivity contribution < 1.29 is 4.74 Å². The first-order valence-electron chi connectivity index (χ1n) is 9.06. The van der Waals surface area contributed by atoms with Crippen molar-refractivity contribution in [3.63, 3.8) is 0 Å². The second-order valence-electron chi connectivity index (χ2n) is 5.97. The van der Waals surface area contributed by atoms with Crippen LogP contribution in [0.5, 0.6) is 5.75 Å². The van der Waals surface area contributed by atoms with Gasteiger partial charge >= 0.3 is 0 Å². The van der Waals surface area contributed by atoms with Gasteiger partial charge in [0.2, 0.25) is 0 Å². The lowest BCUT2D eigenvalue weighted by atomic mass is 10.0. The third-order valence-electron chi connectivity index (χ3n) is 3.84. The number of nitrogens with zero attached hydrogens (tertiary/aromatic N) is 1. The summed E-state index contributed by atoms with van der Waals surface area (Å²) in [6.45, 7) is 17.6. The van der Waals surface area contributed by atoms with E-state index >= 15 is 0 Å². The number of benzene rings is 1. The van der Waals surface area contributed by atoms with E-state index < -0.39 is 0 Å². The van der Waals surface area contributed by atoms with E-state index in [9.17, 15) is 0 Å². The van der Waals surface area contributed by atoms with Gasteiger partial charge in [0.15, 0.2) is 0 Å². The first-order valence-corrected chi connectivity index (χ1v) is 9.06. The molecular weight excluding hydrogens is 282 g/mol. The summed E-state index contributed by atoms with van der Waals surface area (Å²) in [6, 6.07) is 6.44. The maximum Gasteiger partial charge on any atom is 0.122 e. The summed E-state index contributed by atoms with van der Waals surface area (Å²) >= 11 is 0. The molecule has 1 aromatic carbocycles. The van der Waals surface area contributed by atoms with Gasteiger partial charge in [0, 0.05) is 6.57 Å². The number of unbranched alkanes of at least 4 members (excludes halogenated alkanes) is 1. The van der Waals surface area contributed by atoms with Crippen LogP contribution in [0.2, 0.25) is 0 Å². The molecule has 0 N–H and O–H groups in total. The molecule has 2 heteroatoms. The van der Waals surface area contributed by atoms with E-state index in [-0.39, 0.29) is 0 Å². The van der Waals surface area contributed by atoms with Crippen LogP contribution in [0.4, 0.5) is 0 Å². The van der Waals surface area contributed by atoms with Crippen LogP contribution in [0.25, 0.3) is 0 Å². The molecule has 0 amide bonds. The van der Waals surface area contributed by atoms with Gasteiger partial charge in [-0.15, -0.1) is 0 Å². The summed E-state index contributed by atoms with van der Waals surface area (Å²) in [6.07, 6.45) is 7.45. The number of ether oxygens (including phenoxy) is 1. The molecule has 0 spiro atoms. The molecule has 0 aromatic heterocycles. The number of rotatable bonds is 8. The van der Waals surface area contributed by atoms with Crippen LogP contribution < -0.4 is 4.74 Å². The second-order valence-corrected chi connectivity index (χ2v) is 5.97. The molecule has 1 atom stereocenters. The van der Waals surface area contributed by atoms with Gasteiger partial charge in [0.1, 0.15) is 5.75 Å². The van der Waals surface area contributed by atoms with Crippen LogP contribution in [-0.2, 0) is 6.42 Å². The van der Waals surface area contributed by atoms with Gasteiger partial charge in [-0.05, 0) is 42.9 Å². The maximum absolute atomic E-state index is 6.50. The van der Waals surface area contributed by atoms with Crippen molar-refractivity contribution in [1.82, 2.24) is 0 Å². The average molecular weight is 320 g/mol. The Hall–Kier alpha value is -1.49. The number of nitriles is 1. The maximum atomic E-state index is 6.50. The van der Waals surface area contributed by atoms with E-state index in [4.69, 9.17) is 10.00 Å². The highest BCUT2D eigenvalue weighted by atomic mass is 16.5. The van der Waals surface area contributed by atoms with Gasteiger partial charge in [-0.2, -0.15) is 0 Å². The number of hydrogen-bond acceptors (Lipinski definition) is 2. The zero-order valence-corrected chi connectivity index (χ0v) is 16.2. The molecular formula is C21H37NO. The van der Waals surface area contributed by atoms with Crippen LogP contribution in [0, 0.1) is 24.7 Å². The Balaban J connectivity index is 0. The van der Waals surface area contributed by atoms with Crippen molar-refractivity contribution in [3.8, 4) is 12.3 Å². The Kier molecular flexibility index (Phi) is 17.4. The quantitative estimate of drug-likeness (QED) is 0.499. The minimum atomic E-state index is 0.840. The van der Waals surface area contributed by atoms with Crippen molar-refractivity contribution in [3.05, 3.63) is 29.3 Å². The lowest BCUT2D eigenvalue weighted by Crippen LogP contribution is -1.99. The Labute approximate surface area is 144 Å². The Morgan fingerprint density at radius 2 is 1.74 bits per heavy atom. The summed E-state index contributed by atoms with van der Waals surface area (Å²) in [7, 11) is 0.